The molecule has 4 N–H and O–H groups in total. The van der Waals surface area contributed by atoms with Crippen LogP contribution in [0.3, 0.4) is 0 Å². The van der Waals surface area contributed by atoms with Crippen LogP contribution in [0.15, 0.2) is 91.0 Å². The molecule has 0 saturated carbocycles. The summed E-state index contributed by atoms with van der Waals surface area (Å²) < 4.78 is 0. The summed E-state index contributed by atoms with van der Waals surface area (Å²) in [6, 6.07) is 23.2. The molecule has 0 fully saturated rings. The van der Waals surface area contributed by atoms with Gasteiger partial charge in [-0.3, -0.25) is 19.7 Å². The van der Waals surface area contributed by atoms with Gasteiger partial charge in [0.2, 0.25) is 0 Å². The molecule has 4 rings (SSSR count). The zero-order chi connectivity index (χ0) is 26.4. The Morgan fingerprint density at radius 1 is 0.703 bits per heavy atom. The fourth-order valence-corrected chi connectivity index (χ4v) is 3.46. The first-order chi connectivity index (χ1) is 17.8. The zero-order valence-corrected chi connectivity index (χ0v) is 19.3. The van der Waals surface area contributed by atoms with E-state index in [9.17, 15) is 29.9 Å². The lowest BCUT2D eigenvalue weighted by molar-refractivity contribution is -0.385. The van der Waals surface area contributed by atoms with Gasteiger partial charge in [0.1, 0.15) is 11.5 Å². The van der Waals surface area contributed by atoms with Crippen molar-refractivity contribution in [3.8, 4) is 11.5 Å². The van der Waals surface area contributed by atoms with Gasteiger partial charge in [-0.15, -0.1) is 0 Å². The van der Waals surface area contributed by atoms with Crippen molar-refractivity contribution < 1.29 is 24.7 Å². The second kappa shape index (κ2) is 10.9. The summed E-state index contributed by atoms with van der Waals surface area (Å²) in [7, 11) is 0. The molecule has 0 radical (unpaired) electrons. The van der Waals surface area contributed by atoms with E-state index in [1.165, 1.54) is 36.4 Å². The molecule has 2 amide bonds. The van der Waals surface area contributed by atoms with E-state index in [0.29, 0.717) is 16.8 Å². The van der Waals surface area contributed by atoms with Crippen molar-refractivity contribution in [1.29, 1.82) is 0 Å². The average molecular weight is 495 g/mol. The number of phenolic OH excluding ortho intramolecular Hbond substituents is 2. The molecule has 0 heterocycles. The number of nitrogens with zero attached hydrogens (tertiary/aromatic N) is 1. The molecule has 0 aromatic heterocycles. The third kappa shape index (κ3) is 5.98. The van der Waals surface area contributed by atoms with Crippen LogP contribution in [-0.4, -0.2) is 27.0 Å². The summed E-state index contributed by atoms with van der Waals surface area (Å²) in [5, 5.41) is 36.4. The zero-order valence-electron chi connectivity index (χ0n) is 19.3. The van der Waals surface area contributed by atoms with E-state index in [-0.39, 0.29) is 34.0 Å². The Labute approximate surface area is 211 Å². The number of aromatic hydroxyl groups is 2. The summed E-state index contributed by atoms with van der Waals surface area (Å²) in [6.45, 7) is 0. The van der Waals surface area contributed by atoms with Crippen molar-refractivity contribution in [2.45, 2.75) is 0 Å². The maximum atomic E-state index is 12.5. The van der Waals surface area contributed by atoms with Gasteiger partial charge >= 0.3 is 0 Å². The standard InChI is InChI=1S/C28H21N3O6/c32-25-7-3-1-5-22(25)29-27(34)20-13-10-18(11-14-20)9-12-19-15-16-21(17-24(19)31(36)37)28(35)30-23-6-2-4-8-26(23)33/h1-17,32-33H,(H,29,34)(H,30,35). The number of nitro groups is 1. The van der Waals surface area contributed by atoms with Crippen LogP contribution in [0.5, 0.6) is 11.5 Å². The maximum absolute atomic E-state index is 12.5. The number of hydrogen-bond donors (Lipinski definition) is 4. The van der Waals surface area contributed by atoms with Crippen LogP contribution in [0.1, 0.15) is 31.8 Å². The summed E-state index contributed by atoms with van der Waals surface area (Å²) >= 11 is 0. The Morgan fingerprint density at radius 3 is 1.76 bits per heavy atom. The van der Waals surface area contributed by atoms with E-state index < -0.39 is 16.7 Å². The second-order valence-corrected chi connectivity index (χ2v) is 7.93. The predicted molar refractivity (Wildman–Crippen MR) is 141 cm³/mol. The molecule has 0 saturated heterocycles. The third-order valence-electron chi connectivity index (χ3n) is 5.42. The van der Waals surface area contributed by atoms with Crippen molar-refractivity contribution in [3.05, 3.63) is 123 Å². The topological polar surface area (TPSA) is 142 Å². The largest absolute Gasteiger partial charge is 0.506 e. The number of nitro benzene ring substituents is 1. The first-order valence-electron chi connectivity index (χ1n) is 11.1. The van der Waals surface area contributed by atoms with Crippen LogP contribution in [0.4, 0.5) is 17.1 Å². The van der Waals surface area contributed by atoms with Crippen LogP contribution in [0.25, 0.3) is 12.2 Å². The fourth-order valence-electron chi connectivity index (χ4n) is 3.46. The number of phenols is 2. The van der Waals surface area contributed by atoms with E-state index in [1.807, 2.05) is 0 Å². The van der Waals surface area contributed by atoms with Crippen molar-refractivity contribution in [1.82, 2.24) is 0 Å². The molecule has 9 nitrogen and oxygen atoms in total. The number of amides is 2. The minimum atomic E-state index is -0.599. The summed E-state index contributed by atoms with van der Waals surface area (Å²) in [6.07, 6.45) is 3.19. The molecule has 0 aliphatic heterocycles. The molecule has 9 heteroatoms. The highest BCUT2D eigenvalue weighted by molar-refractivity contribution is 6.06. The highest BCUT2D eigenvalue weighted by Gasteiger charge is 2.17. The molecule has 184 valence electrons. The first-order valence-corrected chi connectivity index (χ1v) is 11.1. The van der Waals surface area contributed by atoms with Crippen molar-refractivity contribution >= 4 is 41.0 Å². The predicted octanol–water partition coefficient (Wildman–Crippen LogP) is 5.68. The van der Waals surface area contributed by atoms with Gasteiger partial charge in [-0.25, -0.2) is 0 Å². The molecular weight excluding hydrogens is 474 g/mol. The molecule has 0 aliphatic rings. The van der Waals surface area contributed by atoms with Crippen LogP contribution in [0.2, 0.25) is 0 Å². The van der Waals surface area contributed by atoms with Crippen LogP contribution < -0.4 is 10.6 Å². The Hall–Kier alpha value is -5.44. The van der Waals surface area contributed by atoms with Crippen molar-refractivity contribution in [3.63, 3.8) is 0 Å². The Kier molecular flexibility index (Phi) is 7.25. The van der Waals surface area contributed by atoms with Gasteiger partial charge in [0.05, 0.1) is 21.9 Å². The number of nitrogens with one attached hydrogen (secondary N) is 2. The maximum Gasteiger partial charge on any atom is 0.277 e. The molecular formula is C28H21N3O6. The van der Waals surface area contributed by atoms with Gasteiger partial charge in [-0.05, 0) is 60.2 Å². The van der Waals surface area contributed by atoms with Gasteiger partial charge in [0.25, 0.3) is 17.5 Å². The number of carbonyl (C=O) groups excluding carboxylic acids is 2. The quantitative estimate of drug-likeness (QED) is 0.112. The highest BCUT2D eigenvalue weighted by atomic mass is 16.6. The highest BCUT2D eigenvalue weighted by Crippen LogP contribution is 2.26. The van der Waals surface area contributed by atoms with Crippen molar-refractivity contribution in [2.75, 3.05) is 10.6 Å². The lowest BCUT2D eigenvalue weighted by Crippen LogP contribution is -2.12. The van der Waals surface area contributed by atoms with Gasteiger partial charge in [0, 0.05) is 17.2 Å². The minimum absolute atomic E-state index is 0.0429. The number of benzene rings is 4. The molecule has 4 aromatic carbocycles. The molecule has 0 aliphatic carbocycles. The lowest BCUT2D eigenvalue weighted by Gasteiger charge is -2.08. The molecule has 0 bridgehead atoms. The van der Waals surface area contributed by atoms with Crippen LogP contribution in [0, 0.1) is 10.1 Å². The van der Waals surface area contributed by atoms with Gasteiger partial charge in [0.15, 0.2) is 0 Å². The van der Waals surface area contributed by atoms with E-state index in [1.54, 1.807) is 66.7 Å². The SMILES string of the molecule is O=C(Nc1ccccc1O)c1ccc(C=Cc2ccc(C(=O)Nc3ccccc3O)cc2[N+](=O)[O-])cc1. The van der Waals surface area contributed by atoms with Gasteiger partial charge in [-0.2, -0.15) is 0 Å². The smallest absolute Gasteiger partial charge is 0.277 e. The molecule has 37 heavy (non-hydrogen) atoms. The lowest BCUT2D eigenvalue weighted by atomic mass is 10.1. The second-order valence-electron chi connectivity index (χ2n) is 7.93. The average Bonchev–Trinajstić information content (AvgIpc) is 2.90. The summed E-state index contributed by atoms with van der Waals surface area (Å²) in [5.74, 6) is -1.16. The minimum Gasteiger partial charge on any atom is -0.506 e. The Balaban J connectivity index is 1.48. The van der Waals surface area contributed by atoms with E-state index in [2.05, 4.69) is 10.6 Å². The monoisotopic (exact) mass is 495 g/mol. The summed E-state index contributed by atoms with van der Waals surface area (Å²) in [4.78, 5) is 36.1. The number of anilines is 2. The molecule has 0 spiro atoms. The summed E-state index contributed by atoms with van der Waals surface area (Å²) in [5.41, 5.74) is 1.62. The molecule has 0 atom stereocenters. The number of hydrogen-bond acceptors (Lipinski definition) is 6. The number of carbonyl (C=O) groups is 2. The van der Waals surface area contributed by atoms with Crippen LogP contribution >= 0.6 is 0 Å². The Bertz CT molecular complexity index is 1510. The first kappa shape index (κ1) is 24.7. The molecule has 4 aromatic rings. The molecule has 0 unspecified atom stereocenters. The normalized spacial score (nSPS) is 10.7. The van der Waals surface area contributed by atoms with Gasteiger partial charge < -0.3 is 20.8 Å². The van der Waals surface area contributed by atoms with Crippen LogP contribution in [-0.2, 0) is 0 Å². The number of rotatable bonds is 7. The third-order valence-corrected chi connectivity index (χ3v) is 5.42. The van der Waals surface area contributed by atoms with Crippen molar-refractivity contribution in [2.24, 2.45) is 0 Å². The fraction of sp³-hybridized carbons (Fsp3) is 0. The number of para-hydroxylation sites is 4. The van der Waals surface area contributed by atoms with E-state index in [0.717, 1.165) is 0 Å². The van der Waals surface area contributed by atoms with Gasteiger partial charge in [-0.1, -0.05) is 42.5 Å². The van der Waals surface area contributed by atoms with E-state index >= 15 is 0 Å². The Morgan fingerprint density at radius 2 is 1.22 bits per heavy atom. The van der Waals surface area contributed by atoms with E-state index in [4.69, 9.17) is 0 Å².